The Labute approximate surface area is 182 Å². The maximum Gasteiger partial charge on any atom is 0.338 e. The fraction of sp³-hybridized carbons (Fsp3) is 0.273. The minimum Gasteiger partial charge on any atom is -0.508 e. The number of nitrogens with zero attached hydrogens (tertiary/aromatic N) is 4. The Bertz CT molecular complexity index is 1380. The van der Waals surface area contributed by atoms with Crippen LogP contribution in [0.15, 0.2) is 51.5 Å². The van der Waals surface area contributed by atoms with Crippen LogP contribution in [0.4, 0.5) is 0 Å². The first kappa shape index (κ1) is 20.8. The molecule has 3 aromatic rings. The number of esters is 1. The van der Waals surface area contributed by atoms with Gasteiger partial charge in [-0.25, -0.2) is 9.79 Å². The summed E-state index contributed by atoms with van der Waals surface area (Å²) in [6.45, 7) is 5.56. The first-order valence-electron chi connectivity index (χ1n) is 9.79. The van der Waals surface area contributed by atoms with Gasteiger partial charge >= 0.3 is 5.97 Å². The summed E-state index contributed by atoms with van der Waals surface area (Å²) in [5, 5.41) is 14.0. The van der Waals surface area contributed by atoms with E-state index < -0.39 is 12.0 Å². The molecule has 1 aliphatic heterocycles. The molecule has 0 bridgehead atoms. The van der Waals surface area contributed by atoms with Crippen LogP contribution in [0.3, 0.4) is 0 Å². The zero-order valence-corrected chi connectivity index (χ0v) is 18.4. The maximum absolute atomic E-state index is 13.5. The highest BCUT2D eigenvalue weighted by atomic mass is 32.1. The number of allylic oxidation sites excluding steroid dienone is 1. The van der Waals surface area contributed by atoms with Gasteiger partial charge in [-0.2, -0.15) is 5.10 Å². The SMILES string of the molecule is CCOC(=O)C1=C(C)N=c2sc(=Cc3cn(C)nc3C)c(=O)n2[C@@H]1c1ccc(O)cc1. The van der Waals surface area contributed by atoms with E-state index in [4.69, 9.17) is 4.74 Å². The first-order chi connectivity index (χ1) is 14.8. The molecule has 3 heterocycles. The van der Waals surface area contributed by atoms with Gasteiger partial charge in [-0.05, 0) is 44.5 Å². The number of benzene rings is 1. The molecule has 0 spiro atoms. The minimum atomic E-state index is -0.701. The fourth-order valence-electron chi connectivity index (χ4n) is 3.66. The molecule has 0 aliphatic carbocycles. The van der Waals surface area contributed by atoms with Crippen molar-refractivity contribution in [1.29, 1.82) is 0 Å². The van der Waals surface area contributed by atoms with E-state index in [1.54, 1.807) is 36.7 Å². The van der Waals surface area contributed by atoms with Crippen LogP contribution in [0.25, 0.3) is 6.08 Å². The Morgan fingerprint density at radius 1 is 1.29 bits per heavy atom. The van der Waals surface area contributed by atoms with Crippen molar-refractivity contribution in [2.75, 3.05) is 6.61 Å². The molecule has 9 heteroatoms. The average Bonchev–Trinajstić information content (AvgIpc) is 3.19. The van der Waals surface area contributed by atoms with Crippen molar-refractivity contribution in [2.24, 2.45) is 12.0 Å². The Morgan fingerprint density at radius 3 is 2.61 bits per heavy atom. The van der Waals surface area contributed by atoms with Gasteiger partial charge in [0.25, 0.3) is 5.56 Å². The Morgan fingerprint density at radius 2 is 2.00 bits per heavy atom. The summed E-state index contributed by atoms with van der Waals surface area (Å²) in [4.78, 5) is 31.3. The van der Waals surface area contributed by atoms with Crippen LogP contribution < -0.4 is 14.9 Å². The Hall–Kier alpha value is -3.46. The highest BCUT2D eigenvalue weighted by Crippen LogP contribution is 2.31. The van der Waals surface area contributed by atoms with E-state index in [2.05, 4.69) is 10.1 Å². The predicted octanol–water partition coefficient (Wildman–Crippen LogP) is 1.55. The number of fused-ring (bicyclic) bond motifs is 1. The molecule has 0 fully saturated rings. The molecular weight excluding hydrogens is 416 g/mol. The van der Waals surface area contributed by atoms with E-state index >= 15 is 0 Å². The number of aromatic hydroxyl groups is 1. The first-order valence-corrected chi connectivity index (χ1v) is 10.6. The Kier molecular flexibility index (Phi) is 5.36. The molecule has 160 valence electrons. The second-order valence-electron chi connectivity index (χ2n) is 7.24. The van der Waals surface area contributed by atoms with Gasteiger partial charge in [0, 0.05) is 18.8 Å². The van der Waals surface area contributed by atoms with Crippen molar-refractivity contribution in [2.45, 2.75) is 26.8 Å². The summed E-state index contributed by atoms with van der Waals surface area (Å²) in [7, 11) is 1.83. The summed E-state index contributed by atoms with van der Waals surface area (Å²) < 4.78 is 8.98. The molecule has 0 saturated heterocycles. The van der Waals surface area contributed by atoms with Crippen LogP contribution in [0.1, 0.15) is 36.7 Å². The fourth-order valence-corrected chi connectivity index (χ4v) is 4.70. The zero-order valence-electron chi connectivity index (χ0n) is 17.6. The lowest BCUT2D eigenvalue weighted by molar-refractivity contribution is -0.139. The van der Waals surface area contributed by atoms with Crippen molar-refractivity contribution in [3.8, 4) is 5.75 Å². The summed E-state index contributed by atoms with van der Waals surface area (Å²) in [5.74, 6) is -0.416. The second kappa shape index (κ2) is 7.99. The van der Waals surface area contributed by atoms with Crippen molar-refractivity contribution < 1.29 is 14.6 Å². The zero-order chi connectivity index (χ0) is 22.3. The van der Waals surface area contributed by atoms with E-state index in [0.29, 0.717) is 26.2 Å². The predicted molar refractivity (Wildman–Crippen MR) is 116 cm³/mol. The van der Waals surface area contributed by atoms with Crippen molar-refractivity contribution in [3.05, 3.63) is 78.2 Å². The lowest BCUT2D eigenvalue weighted by Gasteiger charge is -2.24. The molecule has 0 unspecified atom stereocenters. The smallest absolute Gasteiger partial charge is 0.338 e. The molecule has 31 heavy (non-hydrogen) atoms. The highest BCUT2D eigenvalue weighted by Gasteiger charge is 2.33. The van der Waals surface area contributed by atoms with E-state index in [1.165, 1.54) is 28.0 Å². The summed E-state index contributed by atoms with van der Waals surface area (Å²) in [5.41, 5.74) is 2.90. The number of phenolic OH excluding ortho intramolecular Hbond substituents is 1. The van der Waals surface area contributed by atoms with E-state index in [9.17, 15) is 14.7 Å². The van der Waals surface area contributed by atoms with E-state index in [1.807, 2.05) is 20.2 Å². The van der Waals surface area contributed by atoms with Crippen LogP contribution in [0, 0.1) is 6.92 Å². The number of carbonyl (C=O) groups excluding carboxylic acids is 1. The summed E-state index contributed by atoms with van der Waals surface area (Å²) in [6.07, 6.45) is 3.64. The van der Waals surface area contributed by atoms with Gasteiger partial charge in [-0.1, -0.05) is 23.5 Å². The third-order valence-corrected chi connectivity index (χ3v) is 6.05. The number of phenols is 1. The van der Waals surface area contributed by atoms with Gasteiger partial charge in [-0.3, -0.25) is 14.0 Å². The Balaban J connectivity index is 1.97. The number of thiazole rings is 1. The van der Waals surface area contributed by atoms with Crippen LogP contribution in [-0.4, -0.2) is 32.0 Å². The number of aromatic nitrogens is 3. The third kappa shape index (κ3) is 3.72. The van der Waals surface area contributed by atoms with Gasteiger partial charge in [0.1, 0.15) is 5.75 Å². The number of ether oxygens (including phenoxy) is 1. The molecule has 0 radical (unpaired) electrons. The van der Waals surface area contributed by atoms with Crippen LogP contribution >= 0.6 is 11.3 Å². The van der Waals surface area contributed by atoms with Crippen molar-refractivity contribution in [3.63, 3.8) is 0 Å². The molecule has 1 N–H and O–H groups in total. The largest absolute Gasteiger partial charge is 0.508 e. The van der Waals surface area contributed by atoms with Gasteiger partial charge in [0.05, 0.1) is 34.1 Å². The molecule has 0 saturated carbocycles. The van der Waals surface area contributed by atoms with Gasteiger partial charge in [0.2, 0.25) is 0 Å². The molecule has 2 aromatic heterocycles. The standard InChI is InChI=1S/C22H22N4O4S/c1-5-30-21(29)18-13(3)23-22-26(19(18)14-6-8-16(27)9-7-14)20(28)17(31-22)10-15-11-25(4)24-12(15)2/h6-11,19,27H,5H2,1-4H3/t19-/m1/s1. The molecule has 0 amide bonds. The van der Waals surface area contributed by atoms with E-state index in [0.717, 1.165) is 11.3 Å². The van der Waals surface area contributed by atoms with Gasteiger partial charge < -0.3 is 9.84 Å². The number of rotatable bonds is 4. The molecule has 1 atom stereocenters. The number of hydrogen-bond acceptors (Lipinski definition) is 7. The molecule has 4 rings (SSSR count). The number of carbonyl (C=O) groups is 1. The summed E-state index contributed by atoms with van der Waals surface area (Å²) in [6, 6.07) is 5.75. The van der Waals surface area contributed by atoms with Gasteiger partial charge in [-0.15, -0.1) is 0 Å². The lowest BCUT2D eigenvalue weighted by atomic mass is 9.96. The molecule has 1 aromatic carbocycles. The summed E-state index contributed by atoms with van der Waals surface area (Å²) >= 11 is 1.26. The second-order valence-corrected chi connectivity index (χ2v) is 8.25. The average molecular weight is 439 g/mol. The molecule has 8 nitrogen and oxygen atoms in total. The molecular formula is C22H22N4O4S. The number of hydrogen-bond donors (Lipinski definition) is 1. The van der Waals surface area contributed by atoms with Crippen molar-refractivity contribution in [1.82, 2.24) is 14.3 Å². The van der Waals surface area contributed by atoms with Crippen LogP contribution in [0.2, 0.25) is 0 Å². The molecule has 1 aliphatic rings. The van der Waals surface area contributed by atoms with Crippen LogP contribution in [0.5, 0.6) is 5.75 Å². The monoisotopic (exact) mass is 438 g/mol. The van der Waals surface area contributed by atoms with E-state index in [-0.39, 0.29) is 17.9 Å². The minimum absolute atomic E-state index is 0.0987. The number of aryl methyl sites for hydroxylation is 2. The quantitative estimate of drug-likeness (QED) is 0.623. The lowest BCUT2D eigenvalue weighted by Crippen LogP contribution is -2.39. The van der Waals surface area contributed by atoms with Crippen LogP contribution in [-0.2, 0) is 16.6 Å². The highest BCUT2D eigenvalue weighted by molar-refractivity contribution is 7.07. The topological polar surface area (TPSA) is 98.7 Å². The maximum atomic E-state index is 13.5. The normalized spacial score (nSPS) is 16.3. The third-order valence-electron chi connectivity index (χ3n) is 5.06. The van der Waals surface area contributed by atoms with Crippen molar-refractivity contribution >= 4 is 23.4 Å². The van der Waals surface area contributed by atoms with Gasteiger partial charge in [0.15, 0.2) is 4.80 Å².